The Morgan fingerprint density at radius 1 is 1.03 bits per heavy atom. The van der Waals surface area contributed by atoms with Crippen molar-refractivity contribution >= 4 is 34.4 Å². The van der Waals surface area contributed by atoms with E-state index in [1.165, 1.54) is 6.92 Å². The van der Waals surface area contributed by atoms with Crippen molar-refractivity contribution in [2.75, 3.05) is 0 Å². The number of aryl methyl sites for hydroxylation is 1. The predicted octanol–water partition coefficient (Wildman–Crippen LogP) is 6.30. The SMILES string of the molecule is Cc1c(C)n(Cc2cccc(O[C@@H](C)C(=O)O)c2)c2ccc(C(=O)N[C@@H](C)c3ccc(Cl)cc3)cc12. The Bertz CT molecular complexity index is 1430. The van der Waals surface area contributed by atoms with Gasteiger partial charge in [-0.3, -0.25) is 4.79 Å². The fraction of sp³-hybridized carbons (Fsp3) is 0.241. The number of ether oxygens (including phenoxy) is 1. The highest BCUT2D eigenvalue weighted by atomic mass is 35.5. The number of benzene rings is 3. The second-order valence-electron chi connectivity index (χ2n) is 9.02. The molecule has 2 atom stereocenters. The Morgan fingerprint density at radius 2 is 1.75 bits per heavy atom. The monoisotopic (exact) mass is 504 g/mol. The first kappa shape index (κ1) is 25.3. The summed E-state index contributed by atoms with van der Waals surface area (Å²) in [6.07, 6.45) is -0.927. The summed E-state index contributed by atoms with van der Waals surface area (Å²) in [7, 11) is 0. The minimum Gasteiger partial charge on any atom is -0.479 e. The molecular formula is C29H29ClN2O4. The van der Waals surface area contributed by atoms with Crippen LogP contribution < -0.4 is 10.1 Å². The third-order valence-electron chi connectivity index (χ3n) is 6.52. The Labute approximate surface area is 215 Å². The number of aromatic nitrogens is 1. The molecule has 2 N–H and O–H groups in total. The fourth-order valence-electron chi connectivity index (χ4n) is 4.26. The van der Waals surface area contributed by atoms with Gasteiger partial charge in [-0.1, -0.05) is 35.9 Å². The van der Waals surface area contributed by atoms with Crippen molar-refractivity contribution in [2.45, 2.75) is 46.4 Å². The van der Waals surface area contributed by atoms with Gasteiger partial charge in [-0.15, -0.1) is 0 Å². The van der Waals surface area contributed by atoms with Crippen LogP contribution in [0.25, 0.3) is 10.9 Å². The lowest BCUT2D eigenvalue weighted by Gasteiger charge is -2.15. The second-order valence-corrected chi connectivity index (χ2v) is 9.46. The van der Waals surface area contributed by atoms with E-state index in [1.807, 2.05) is 67.6 Å². The van der Waals surface area contributed by atoms with E-state index in [1.54, 1.807) is 6.07 Å². The number of amides is 1. The number of carboxylic acid groups (broad SMARTS) is 1. The van der Waals surface area contributed by atoms with Crippen LogP contribution in [-0.2, 0) is 11.3 Å². The standard InChI is InChI=1S/C29H29ClN2O4/c1-17-19(3)32(16-21-6-5-7-25(14-21)36-20(4)29(34)35)27-13-10-23(15-26(17)27)28(33)31-18(2)22-8-11-24(30)12-9-22/h5-15,18,20H,16H2,1-4H3,(H,31,33)(H,34,35)/t18-,20-/m0/s1. The van der Waals surface area contributed by atoms with Gasteiger partial charge in [-0.25, -0.2) is 4.79 Å². The van der Waals surface area contributed by atoms with Crippen LogP contribution in [0.4, 0.5) is 0 Å². The normalized spacial score (nSPS) is 12.8. The Balaban J connectivity index is 1.57. The van der Waals surface area contributed by atoms with Gasteiger partial charge >= 0.3 is 5.97 Å². The zero-order valence-corrected chi connectivity index (χ0v) is 21.5. The Morgan fingerprint density at radius 3 is 2.44 bits per heavy atom. The van der Waals surface area contributed by atoms with E-state index >= 15 is 0 Å². The number of nitrogens with zero attached hydrogens (tertiary/aromatic N) is 1. The molecule has 7 heteroatoms. The van der Waals surface area contributed by atoms with Crippen molar-refractivity contribution in [3.63, 3.8) is 0 Å². The van der Waals surface area contributed by atoms with Gasteiger partial charge in [0.25, 0.3) is 5.91 Å². The highest BCUT2D eigenvalue weighted by molar-refractivity contribution is 6.30. The highest BCUT2D eigenvalue weighted by Gasteiger charge is 2.17. The summed E-state index contributed by atoms with van der Waals surface area (Å²) in [5.41, 5.74) is 5.80. The van der Waals surface area contributed by atoms with Crippen molar-refractivity contribution in [1.29, 1.82) is 0 Å². The van der Waals surface area contributed by atoms with Crippen molar-refractivity contribution in [2.24, 2.45) is 0 Å². The molecule has 3 aromatic carbocycles. The molecule has 186 valence electrons. The summed E-state index contributed by atoms with van der Waals surface area (Å²) in [5, 5.41) is 13.9. The highest BCUT2D eigenvalue weighted by Crippen LogP contribution is 2.28. The van der Waals surface area contributed by atoms with Gasteiger partial charge < -0.3 is 19.7 Å². The minimum atomic E-state index is -1.01. The minimum absolute atomic E-state index is 0.137. The first-order chi connectivity index (χ1) is 17.1. The van der Waals surface area contributed by atoms with Crippen molar-refractivity contribution in [3.8, 4) is 5.75 Å². The molecule has 0 radical (unpaired) electrons. The molecule has 6 nitrogen and oxygen atoms in total. The van der Waals surface area contributed by atoms with E-state index in [9.17, 15) is 9.59 Å². The number of fused-ring (bicyclic) bond motifs is 1. The van der Waals surface area contributed by atoms with Gasteiger partial charge in [0.05, 0.1) is 6.04 Å². The molecule has 36 heavy (non-hydrogen) atoms. The molecule has 0 aliphatic heterocycles. The van der Waals surface area contributed by atoms with Gasteiger partial charge in [0.2, 0.25) is 0 Å². The average Bonchev–Trinajstić information content (AvgIpc) is 3.08. The van der Waals surface area contributed by atoms with Crippen LogP contribution in [-0.4, -0.2) is 27.7 Å². The van der Waals surface area contributed by atoms with Gasteiger partial charge in [0.15, 0.2) is 6.10 Å². The van der Waals surface area contributed by atoms with Crippen molar-refractivity contribution in [3.05, 3.63) is 99.7 Å². The van der Waals surface area contributed by atoms with Crippen LogP contribution in [0.15, 0.2) is 66.7 Å². The van der Waals surface area contributed by atoms with Gasteiger partial charge in [-0.2, -0.15) is 0 Å². The van der Waals surface area contributed by atoms with Gasteiger partial charge in [0.1, 0.15) is 5.75 Å². The fourth-order valence-corrected chi connectivity index (χ4v) is 4.39. The lowest BCUT2D eigenvalue weighted by atomic mass is 10.1. The van der Waals surface area contributed by atoms with E-state index in [0.29, 0.717) is 22.9 Å². The largest absolute Gasteiger partial charge is 0.479 e. The maximum absolute atomic E-state index is 13.0. The number of carboxylic acids is 1. The first-order valence-electron chi connectivity index (χ1n) is 11.8. The van der Waals surface area contributed by atoms with Crippen LogP contribution in [0.2, 0.25) is 5.02 Å². The molecular weight excluding hydrogens is 476 g/mol. The van der Waals surface area contributed by atoms with Crippen LogP contribution in [0.5, 0.6) is 5.75 Å². The zero-order chi connectivity index (χ0) is 26.0. The molecule has 4 rings (SSSR count). The molecule has 0 aliphatic rings. The summed E-state index contributed by atoms with van der Waals surface area (Å²) >= 11 is 5.98. The molecule has 0 aliphatic carbocycles. The summed E-state index contributed by atoms with van der Waals surface area (Å²) in [6.45, 7) is 8.16. The Hall–Kier alpha value is -3.77. The van der Waals surface area contributed by atoms with Crippen molar-refractivity contribution < 1.29 is 19.4 Å². The van der Waals surface area contributed by atoms with Crippen LogP contribution in [0.1, 0.15) is 52.6 Å². The van der Waals surface area contributed by atoms with E-state index in [-0.39, 0.29) is 11.9 Å². The third kappa shape index (κ3) is 5.39. The number of nitrogens with one attached hydrogen (secondary N) is 1. The van der Waals surface area contributed by atoms with E-state index < -0.39 is 12.1 Å². The number of carbonyl (C=O) groups is 2. The average molecular weight is 505 g/mol. The molecule has 0 unspecified atom stereocenters. The van der Waals surface area contributed by atoms with Crippen LogP contribution in [0.3, 0.4) is 0 Å². The van der Waals surface area contributed by atoms with E-state index in [2.05, 4.69) is 23.7 Å². The number of hydrogen-bond acceptors (Lipinski definition) is 3. The summed E-state index contributed by atoms with van der Waals surface area (Å²) in [5.74, 6) is -0.630. The molecule has 1 aromatic heterocycles. The summed E-state index contributed by atoms with van der Waals surface area (Å²) < 4.78 is 7.73. The predicted molar refractivity (Wildman–Crippen MR) is 142 cm³/mol. The third-order valence-corrected chi connectivity index (χ3v) is 6.77. The molecule has 0 fully saturated rings. The lowest BCUT2D eigenvalue weighted by Crippen LogP contribution is -2.26. The smallest absolute Gasteiger partial charge is 0.344 e. The number of halogens is 1. The van der Waals surface area contributed by atoms with E-state index in [4.69, 9.17) is 21.4 Å². The van der Waals surface area contributed by atoms with Crippen LogP contribution in [0, 0.1) is 13.8 Å². The summed E-state index contributed by atoms with van der Waals surface area (Å²) in [6, 6.07) is 20.5. The topological polar surface area (TPSA) is 80.6 Å². The first-order valence-corrected chi connectivity index (χ1v) is 12.2. The quantitative estimate of drug-likeness (QED) is 0.295. The number of carbonyl (C=O) groups excluding carboxylic acids is 1. The van der Waals surface area contributed by atoms with Crippen LogP contribution >= 0.6 is 11.6 Å². The molecule has 1 heterocycles. The molecule has 0 saturated heterocycles. The number of aliphatic carboxylic acids is 1. The maximum atomic E-state index is 13.0. The van der Waals surface area contributed by atoms with E-state index in [0.717, 1.165) is 33.3 Å². The summed E-state index contributed by atoms with van der Waals surface area (Å²) in [4.78, 5) is 24.1. The molecule has 0 saturated carbocycles. The number of rotatable bonds is 8. The molecule has 1 amide bonds. The second kappa shape index (κ2) is 10.5. The molecule has 4 aromatic rings. The molecule has 0 spiro atoms. The Kier molecular flexibility index (Phi) is 7.36. The maximum Gasteiger partial charge on any atom is 0.344 e. The molecule has 0 bridgehead atoms. The zero-order valence-electron chi connectivity index (χ0n) is 20.7. The van der Waals surface area contributed by atoms with Gasteiger partial charge in [-0.05, 0) is 86.8 Å². The number of hydrogen-bond donors (Lipinski definition) is 2. The lowest BCUT2D eigenvalue weighted by molar-refractivity contribution is -0.144. The van der Waals surface area contributed by atoms with Gasteiger partial charge in [0, 0.05) is 33.7 Å². The van der Waals surface area contributed by atoms with Crippen molar-refractivity contribution in [1.82, 2.24) is 9.88 Å².